The maximum absolute atomic E-state index is 12.9. The molecular formula is C26H28O7. The molecule has 2 aromatic rings. The minimum absolute atomic E-state index is 0.0510. The quantitative estimate of drug-likeness (QED) is 0.498. The van der Waals surface area contributed by atoms with Gasteiger partial charge in [0.1, 0.15) is 23.7 Å². The Morgan fingerprint density at radius 3 is 2.33 bits per heavy atom. The number of aliphatic hydroxyl groups is 1. The fourth-order valence-electron chi connectivity index (χ4n) is 4.20. The van der Waals surface area contributed by atoms with E-state index in [1.54, 1.807) is 37.5 Å². The normalized spacial score (nSPS) is 20.1. The van der Waals surface area contributed by atoms with Crippen LogP contribution in [0.3, 0.4) is 0 Å². The molecule has 7 nitrogen and oxygen atoms in total. The Hall–Kier alpha value is -3.29. The molecule has 4 rings (SSSR count). The number of ether oxygens (including phenoxy) is 3. The number of cyclic esters (lactones) is 1. The van der Waals surface area contributed by atoms with Crippen molar-refractivity contribution in [2.75, 3.05) is 13.7 Å². The van der Waals surface area contributed by atoms with Gasteiger partial charge >= 0.3 is 5.97 Å². The molecule has 0 aliphatic carbocycles. The Kier molecular flexibility index (Phi) is 6.19. The number of hydrogen-bond acceptors (Lipinski definition) is 7. The summed E-state index contributed by atoms with van der Waals surface area (Å²) in [5.74, 6) is -0.927. The van der Waals surface area contributed by atoms with E-state index >= 15 is 0 Å². The molecular weight excluding hydrogens is 424 g/mol. The van der Waals surface area contributed by atoms with Gasteiger partial charge in [-0.25, -0.2) is 4.79 Å². The summed E-state index contributed by atoms with van der Waals surface area (Å²) in [6.07, 6.45) is 1.95. The van der Waals surface area contributed by atoms with Gasteiger partial charge in [0.15, 0.2) is 5.76 Å². The van der Waals surface area contributed by atoms with Crippen molar-refractivity contribution < 1.29 is 33.9 Å². The van der Waals surface area contributed by atoms with Crippen molar-refractivity contribution in [3.8, 4) is 11.5 Å². The summed E-state index contributed by atoms with van der Waals surface area (Å²) in [6, 6.07) is 10.7. The SMILES string of the molecule is COc1ccc(C2(O)OC(=O)C(C3=CCOO3)=C2Cc2cc(C)c(OC(C)C)c(C)c2)cc1. The maximum atomic E-state index is 12.9. The minimum Gasteiger partial charge on any atom is -0.497 e. The van der Waals surface area contributed by atoms with E-state index in [0.717, 1.165) is 22.4 Å². The lowest BCUT2D eigenvalue weighted by Gasteiger charge is -2.26. The van der Waals surface area contributed by atoms with Crippen molar-refractivity contribution >= 4 is 5.97 Å². The highest BCUT2D eigenvalue weighted by atomic mass is 17.2. The molecule has 2 aromatic carbocycles. The van der Waals surface area contributed by atoms with Crippen LogP contribution in [-0.2, 0) is 31.5 Å². The highest BCUT2D eigenvalue weighted by molar-refractivity contribution is 5.97. The van der Waals surface area contributed by atoms with E-state index in [1.165, 1.54) is 0 Å². The Labute approximate surface area is 193 Å². The number of aryl methyl sites for hydroxylation is 2. The van der Waals surface area contributed by atoms with Crippen LogP contribution in [0.2, 0.25) is 0 Å². The number of carbonyl (C=O) groups is 1. The number of methoxy groups -OCH3 is 1. The van der Waals surface area contributed by atoms with Gasteiger partial charge in [-0.05, 0) is 74.7 Å². The summed E-state index contributed by atoms with van der Waals surface area (Å²) in [7, 11) is 1.56. The molecule has 0 spiro atoms. The zero-order valence-corrected chi connectivity index (χ0v) is 19.4. The van der Waals surface area contributed by atoms with Crippen LogP contribution in [0.5, 0.6) is 11.5 Å². The summed E-state index contributed by atoms with van der Waals surface area (Å²) >= 11 is 0. The number of benzene rings is 2. The predicted molar refractivity (Wildman–Crippen MR) is 121 cm³/mol. The maximum Gasteiger partial charge on any atom is 0.345 e. The molecule has 2 aliphatic rings. The molecule has 0 fully saturated rings. The molecule has 1 atom stereocenters. The molecule has 0 radical (unpaired) electrons. The zero-order chi connectivity index (χ0) is 23.8. The molecule has 7 heteroatoms. The standard InChI is InChI=1S/C26H28O7/c1-15(2)31-24-16(3)12-18(13-17(24)4)14-21-23(22-10-11-30-33-22)25(27)32-26(21,28)19-6-8-20(29-5)9-7-19/h6-10,12-13,15,28H,11,14H2,1-5H3. The van der Waals surface area contributed by atoms with Gasteiger partial charge in [-0.3, -0.25) is 0 Å². The van der Waals surface area contributed by atoms with Gasteiger partial charge in [0.25, 0.3) is 5.79 Å². The first-order valence-electron chi connectivity index (χ1n) is 10.8. The third kappa shape index (κ3) is 4.34. The first kappa shape index (κ1) is 22.9. The Bertz CT molecular complexity index is 1100. The lowest BCUT2D eigenvalue weighted by atomic mass is 9.88. The predicted octanol–water partition coefficient (Wildman–Crippen LogP) is 4.19. The lowest BCUT2D eigenvalue weighted by Crippen LogP contribution is -2.29. The van der Waals surface area contributed by atoms with E-state index in [0.29, 0.717) is 16.9 Å². The number of esters is 1. The first-order valence-corrected chi connectivity index (χ1v) is 10.8. The molecule has 33 heavy (non-hydrogen) atoms. The smallest absolute Gasteiger partial charge is 0.345 e. The van der Waals surface area contributed by atoms with Crippen molar-refractivity contribution in [3.05, 3.63) is 81.6 Å². The van der Waals surface area contributed by atoms with Gasteiger partial charge in [0.2, 0.25) is 0 Å². The molecule has 1 unspecified atom stereocenters. The van der Waals surface area contributed by atoms with Gasteiger partial charge in [-0.15, -0.1) is 0 Å². The fourth-order valence-corrected chi connectivity index (χ4v) is 4.20. The molecule has 0 bridgehead atoms. The molecule has 0 saturated carbocycles. The molecule has 1 N–H and O–H groups in total. The van der Waals surface area contributed by atoms with Crippen LogP contribution >= 0.6 is 0 Å². The average Bonchev–Trinajstić information content (AvgIpc) is 3.37. The Morgan fingerprint density at radius 1 is 1.12 bits per heavy atom. The molecule has 0 aromatic heterocycles. The summed E-state index contributed by atoms with van der Waals surface area (Å²) < 4.78 is 16.7. The summed E-state index contributed by atoms with van der Waals surface area (Å²) in [6.45, 7) is 8.13. The van der Waals surface area contributed by atoms with Crippen LogP contribution in [0, 0.1) is 13.8 Å². The van der Waals surface area contributed by atoms with Crippen molar-refractivity contribution in [1.29, 1.82) is 0 Å². The van der Waals surface area contributed by atoms with Gasteiger partial charge < -0.3 is 24.2 Å². The van der Waals surface area contributed by atoms with Crippen molar-refractivity contribution in [1.82, 2.24) is 0 Å². The third-order valence-electron chi connectivity index (χ3n) is 5.62. The van der Waals surface area contributed by atoms with Crippen molar-refractivity contribution in [3.63, 3.8) is 0 Å². The topological polar surface area (TPSA) is 83.5 Å². The summed E-state index contributed by atoms with van der Waals surface area (Å²) in [5, 5.41) is 11.7. The van der Waals surface area contributed by atoms with Gasteiger partial charge in [0.05, 0.1) is 13.2 Å². The lowest BCUT2D eigenvalue weighted by molar-refractivity contribution is -0.231. The molecule has 0 amide bonds. The molecule has 2 aliphatic heterocycles. The Morgan fingerprint density at radius 2 is 1.79 bits per heavy atom. The second-order valence-electron chi connectivity index (χ2n) is 8.45. The molecule has 2 heterocycles. The second-order valence-corrected chi connectivity index (χ2v) is 8.45. The largest absolute Gasteiger partial charge is 0.497 e. The van der Waals surface area contributed by atoms with E-state index in [-0.39, 0.29) is 30.5 Å². The second kappa shape index (κ2) is 8.92. The van der Waals surface area contributed by atoms with Crippen molar-refractivity contribution in [2.45, 2.75) is 46.0 Å². The fraction of sp³-hybridized carbons (Fsp3) is 0.346. The van der Waals surface area contributed by atoms with E-state index < -0.39 is 11.8 Å². The zero-order valence-electron chi connectivity index (χ0n) is 19.4. The number of carbonyl (C=O) groups excluding carboxylic acids is 1. The average molecular weight is 453 g/mol. The highest BCUT2D eigenvalue weighted by Gasteiger charge is 2.49. The summed E-state index contributed by atoms with van der Waals surface area (Å²) in [5.41, 5.74) is 3.81. The molecule has 0 saturated heterocycles. The monoisotopic (exact) mass is 452 g/mol. The van der Waals surface area contributed by atoms with Crippen LogP contribution in [0.4, 0.5) is 0 Å². The van der Waals surface area contributed by atoms with Crippen LogP contribution in [0.25, 0.3) is 0 Å². The van der Waals surface area contributed by atoms with Crippen molar-refractivity contribution in [2.24, 2.45) is 0 Å². The van der Waals surface area contributed by atoms with E-state index in [9.17, 15) is 9.90 Å². The summed E-state index contributed by atoms with van der Waals surface area (Å²) in [4.78, 5) is 23.1. The molecule has 174 valence electrons. The van der Waals surface area contributed by atoms with E-state index in [2.05, 4.69) is 0 Å². The van der Waals surface area contributed by atoms with Gasteiger partial charge in [-0.1, -0.05) is 12.1 Å². The van der Waals surface area contributed by atoms with E-state index in [4.69, 9.17) is 24.0 Å². The third-order valence-corrected chi connectivity index (χ3v) is 5.62. The Balaban J connectivity index is 1.80. The van der Waals surface area contributed by atoms with Crippen LogP contribution < -0.4 is 9.47 Å². The number of rotatable bonds is 7. The highest BCUT2D eigenvalue weighted by Crippen LogP contribution is 2.44. The van der Waals surface area contributed by atoms with Crippen LogP contribution in [0.1, 0.15) is 36.1 Å². The van der Waals surface area contributed by atoms with Crippen LogP contribution in [0.15, 0.2) is 59.4 Å². The van der Waals surface area contributed by atoms with E-state index in [1.807, 2.05) is 39.8 Å². The first-order chi connectivity index (χ1) is 15.7. The van der Waals surface area contributed by atoms with Gasteiger partial charge in [0, 0.05) is 17.6 Å². The number of hydrogen-bond donors (Lipinski definition) is 1. The van der Waals surface area contributed by atoms with Crippen LogP contribution in [-0.4, -0.2) is 30.9 Å². The minimum atomic E-state index is -1.96. The van der Waals surface area contributed by atoms with Gasteiger partial charge in [-0.2, -0.15) is 4.89 Å².